The Labute approximate surface area is 122 Å². The van der Waals surface area contributed by atoms with Gasteiger partial charge in [-0.05, 0) is 69.6 Å². The van der Waals surface area contributed by atoms with Crippen molar-refractivity contribution in [3.63, 3.8) is 0 Å². The quantitative estimate of drug-likeness (QED) is 0.642. The summed E-state index contributed by atoms with van der Waals surface area (Å²) in [6.45, 7) is 4.75. The van der Waals surface area contributed by atoms with Crippen LogP contribution in [0.25, 0.3) is 0 Å². The van der Waals surface area contributed by atoms with Crippen LogP contribution in [-0.4, -0.2) is 38.3 Å². The SMILES string of the molecule is COc1ccc(OCCCCCCN2CCCC2)cc1. The van der Waals surface area contributed by atoms with Gasteiger partial charge in [0.2, 0.25) is 0 Å². The Morgan fingerprint density at radius 1 is 0.900 bits per heavy atom. The smallest absolute Gasteiger partial charge is 0.119 e. The number of likely N-dealkylation sites (tertiary alicyclic amines) is 1. The summed E-state index contributed by atoms with van der Waals surface area (Å²) < 4.78 is 10.8. The van der Waals surface area contributed by atoms with Gasteiger partial charge in [-0.1, -0.05) is 12.8 Å². The maximum absolute atomic E-state index is 5.72. The average Bonchev–Trinajstić information content (AvgIpc) is 3.00. The first-order valence-corrected chi connectivity index (χ1v) is 7.88. The molecule has 3 heteroatoms. The van der Waals surface area contributed by atoms with Crippen molar-refractivity contribution in [3.8, 4) is 11.5 Å². The van der Waals surface area contributed by atoms with Crippen molar-refractivity contribution in [3.05, 3.63) is 24.3 Å². The third-order valence-corrected chi connectivity index (χ3v) is 3.90. The first-order valence-electron chi connectivity index (χ1n) is 7.88. The van der Waals surface area contributed by atoms with Crippen molar-refractivity contribution >= 4 is 0 Å². The van der Waals surface area contributed by atoms with Gasteiger partial charge in [0, 0.05) is 0 Å². The van der Waals surface area contributed by atoms with Crippen molar-refractivity contribution in [1.29, 1.82) is 0 Å². The minimum atomic E-state index is 0.816. The number of methoxy groups -OCH3 is 1. The molecule has 1 fully saturated rings. The van der Waals surface area contributed by atoms with Crippen molar-refractivity contribution in [2.24, 2.45) is 0 Å². The van der Waals surface area contributed by atoms with Gasteiger partial charge in [-0.2, -0.15) is 0 Å². The standard InChI is InChI=1S/C17H27NO2/c1-19-16-8-10-17(11-9-16)20-15-7-3-2-4-12-18-13-5-6-14-18/h8-11H,2-7,12-15H2,1H3. The summed E-state index contributed by atoms with van der Waals surface area (Å²) >= 11 is 0. The highest BCUT2D eigenvalue weighted by Gasteiger charge is 2.09. The van der Waals surface area contributed by atoms with E-state index in [9.17, 15) is 0 Å². The maximum Gasteiger partial charge on any atom is 0.119 e. The summed E-state index contributed by atoms with van der Waals surface area (Å²) in [6, 6.07) is 7.80. The van der Waals surface area contributed by atoms with E-state index in [1.807, 2.05) is 24.3 Å². The molecule has 0 radical (unpaired) electrons. The van der Waals surface area contributed by atoms with Gasteiger partial charge in [0.15, 0.2) is 0 Å². The second-order valence-corrected chi connectivity index (χ2v) is 5.49. The molecule has 0 saturated carbocycles. The third kappa shape index (κ3) is 5.41. The summed E-state index contributed by atoms with van der Waals surface area (Å²) in [7, 11) is 1.68. The normalized spacial score (nSPS) is 15.4. The van der Waals surface area contributed by atoms with E-state index in [-0.39, 0.29) is 0 Å². The molecular formula is C17H27NO2. The first kappa shape index (κ1) is 15.2. The first-order chi connectivity index (χ1) is 9.88. The lowest BCUT2D eigenvalue weighted by Gasteiger charge is -2.13. The largest absolute Gasteiger partial charge is 0.497 e. The van der Waals surface area contributed by atoms with Gasteiger partial charge in [-0.15, -0.1) is 0 Å². The zero-order chi connectivity index (χ0) is 14.0. The number of hydrogen-bond donors (Lipinski definition) is 0. The Morgan fingerprint density at radius 2 is 1.55 bits per heavy atom. The molecule has 0 spiro atoms. The summed E-state index contributed by atoms with van der Waals surface area (Å²) in [4.78, 5) is 2.59. The lowest BCUT2D eigenvalue weighted by atomic mass is 10.2. The van der Waals surface area contributed by atoms with Crippen LogP contribution in [-0.2, 0) is 0 Å². The Morgan fingerprint density at radius 3 is 2.25 bits per heavy atom. The number of unbranched alkanes of at least 4 members (excludes halogenated alkanes) is 3. The lowest BCUT2D eigenvalue weighted by Crippen LogP contribution is -2.20. The van der Waals surface area contributed by atoms with Crippen LogP contribution >= 0.6 is 0 Å². The van der Waals surface area contributed by atoms with E-state index in [0.717, 1.165) is 24.5 Å². The maximum atomic E-state index is 5.72. The van der Waals surface area contributed by atoms with Crippen molar-refractivity contribution < 1.29 is 9.47 Å². The van der Waals surface area contributed by atoms with Crippen molar-refractivity contribution in [2.45, 2.75) is 38.5 Å². The predicted octanol–water partition coefficient (Wildman–Crippen LogP) is 3.73. The highest BCUT2D eigenvalue weighted by molar-refractivity contribution is 5.31. The molecule has 0 N–H and O–H groups in total. The van der Waals surface area contributed by atoms with Gasteiger partial charge in [0.25, 0.3) is 0 Å². The third-order valence-electron chi connectivity index (χ3n) is 3.90. The molecule has 0 bridgehead atoms. The molecule has 2 rings (SSSR count). The molecule has 1 saturated heterocycles. The van der Waals surface area contributed by atoms with Gasteiger partial charge in [-0.3, -0.25) is 0 Å². The van der Waals surface area contributed by atoms with Crippen LogP contribution in [0.1, 0.15) is 38.5 Å². The van der Waals surface area contributed by atoms with Crippen LogP contribution in [0.4, 0.5) is 0 Å². The molecule has 1 aliphatic heterocycles. The van der Waals surface area contributed by atoms with Crippen LogP contribution in [0.2, 0.25) is 0 Å². The fourth-order valence-corrected chi connectivity index (χ4v) is 2.66. The van der Waals surface area contributed by atoms with E-state index in [1.165, 1.54) is 51.7 Å². The van der Waals surface area contributed by atoms with Gasteiger partial charge in [-0.25, -0.2) is 0 Å². The van der Waals surface area contributed by atoms with Crippen molar-refractivity contribution in [1.82, 2.24) is 4.90 Å². The zero-order valence-corrected chi connectivity index (χ0v) is 12.6. The van der Waals surface area contributed by atoms with Crippen LogP contribution in [0.15, 0.2) is 24.3 Å². The van der Waals surface area contributed by atoms with Crippen LogP contribution in [0.5, 0.6) is 11.5 Å². The summed E-state index contributed by atoms with van der Waals surface area (Å²) in [5.41, 5.74) is 0. The minimum absolute atomic E-state index is 0.816. The fourth-order valence-electron chi connectivity index (χ4n) is 2.66. The minimum Gasteiger partial charge on any atom is -0.497 e. The van der Waals surface area contributed by atoms with E-state index in [1.54, 1.807) is 7.11 Å². The number of hydrogen-bond acceptors (Lipinski definition) is 3. The van der Waals surface area contributed by atoms with E-state index in [2.05, 4.69) is 4.90 Å². The molecule has 3 nitrogen and oxygen atoms in total. The molecule has 0 aromatic heterocycles. The zero-order valence-electron chi connectivity index (χ0n) is 12.6. The van der Waals surface area contributed by atoms with Gasteiger partial charge < -0.3 is 14.4 Å². The Bertz CT molecular complexity index is 358. The average molecular weight is 277 g/mol. The molecule has 112 valence electrons. The molecule has 0 atom stereocenters. The summed E-state index contributed by atoms with van der Waals surface area (Å²) in [5.74, 6) is 1.81. The highest BCUT2D eigenvalue weighted by Crippen LogP contribution is 2.17. The molecule has 1 heterocycles. The number of rotatable bonds is 9. The second-order valence-electron chi connectivity index (χ2n) is 5.49. The molecule has 1 aromatic carbocycles. The monoisotopic (exact) mass is 277 g/mol. The molecule has 0 unspecified atom stereocenters. The number of benzene rings is 1. The van der Waals surface area contributed by atoms with E-state index in [0.29, 0.717) is 0 Å². The Kier molecular flexibility index (Phi) is 6.72. The van der Waals surface area contributed by atoms with Gasteiger partial charge in [0.1, 0.15) is 11.5 Å². The second kappa shape index (κ2) is 8.85. The molecule has 1 aromatic rings. The number of ether oxygens (including phenoxy) is 2. The van der Waals surface area contributed by atoms with Gasteiger partial charge in [0.05, 0.1) is 13.7 Å². The summed E-state index contributed by atoms with van der Waals surface area (Å²) in [5, 5.41) is 0. The highest BCUT2D eigenvalue weighted by atomic mass is 16.5. The van der Waals surface area contributed by atoms with Crippen LogP contribution in [0.3, 0.4) is 0 Å². The Balaban J connectivity index is 1.46. The number of nitrogens with zero attached hydrogens (tertiary/aromatic N) is 1. The predicted molar refractivity (Wildman–Crippen MR) is 82.6 cm³/mol. The fraction of sp³-hybridized carbons (Fsp3) is 0.647. The van der Waals surface area contributed by atoms with E-state index >= 15 is 0 Å². The van der Waals surface area contributed by atoms with Crippen LogP contribution in [0, 0.1) is 0 Å². The lowest BCUT2D eigenvalue weighted by molar-refractivity contribution is 0.296. The van der Waals surface area contributed by atoms with E-state index < -0.39 is 0 Å². The Hall–Kier alpha value is -1.22. The molecular weight excluding hydrogens is 250 g/mol. The summed E-state index contributed by atoms with van der Waals surface area (Å²) in [6.07, 6.45) is 7.87. The molecule has 20 heavy (non-hydrogen) atoms. The molecule has 0 aliphatic carbocycles. The van der Waals surface area contributed by atoms with Gasteiger partial charge >= 0.3 is 0 Å². The molecule has 0 amide bonds. The van der Waals surface area contributed by atoms with Crippen molar-refractivity contribution in [2.75, 3.05) is 33.4 Å². The van der Waals surface area contributed by atoms with Crippen LogP contribution < -0.4 is 9.47 Å². The van der Waals surface area contributed by atoms with E-state index in [4.69, 9.17) is 9.47 Å². The topological polar surface area (TPSA) is 21.7 Å². The molecule has 1 aliphatic rings.